The molecule has 0 aliphatic heterocycles. The van der Waals surface area contributed by atoms with Gasteiger partial charge in [-0.05, 0) is 35.9 Å². The fourth-order valence-electron chi connectivity index (χ4n) is 2.99. The minimum atomic E-state index is -4.47. The van der Waals surface area contributed by atoms with Crippen molar-refractivity contribution in [2.24, 2.45) is 0 Å². The lowest BCUT2D eigenvalue weighted by atomic mass is 10.2. The van der Waals surface area contributed by atoms with Crippen molar-refractivity contribution >= 4 is 34.9 Å². The molecule has 0 aliphatic rings. The third-order valence-corrected chi connectivity index (χ3v) is 5.28. The van der Waals surface area contributed by atoms with E-state index in [1.807, 2.05) is 18.2 Å². The van der Waals surface area contributed by atoms with Crippen LogP contribution in [0, 0.1) is 0 Å². The van der Waals surface area contributed by atoms with Gasteiger partial charge < -0.3 is 10.1 Å². The number of benzene rings is 2. The van der Waals surface area contributed by atoms with Crippen molar-refractivity contribution in [2.45, 2.75) is 19.5 Å². The van der Waals surface area contributed by atoms with Gasteiger partial charge in [-0.3, -0.25) is 9.48 Å². The van der Waals surface area contributed by atoms with Crippen molar-refractivity contribution in [2.75, 3.05) is 5.32 Å². The summed E-state index contributed by atoms with van der Waals surface area (Å²) in [6.07, 6.45) is -1.46. The van der Waals surface area contributed by atoms with Gasteiger partial charge in [0.25, 0.3) is 5.91 Å². The lowest BCUT2D eigenvalue weighted by Crippen LogP contribution is -2.15. The van der Waals surface area contributed by atoms with E-state index in [0.29, 0.717) is 11.6 Å². The molecule has 0 aliphatic carbocycles. The molecule has 1 N–H and O–H groups in total. The van der Waals surface area contributed by atoms with Crippen molar-refractivity contribution in [1.82, 2.24) is 19.6 Å². The average molecular weight is 510 g/mol. The molecular weight excluding hydrogens is 494 g/mol. The summed E-state index contributed by atoms with van der Waals surface area (Å²) < 4.78 is 46.6. The molecule has 4 aromatic rings. The van der Waals surface area contributed by atoms with Gasteiger partial charge >= 0.3 is 6.18 Å². The van der Waals surface area contributed by atoms with Crippen molar-refractivity contribution in [3.8, 4) is 5.75 Å². The molecule has 2 heterocycles. The number of halogens is 5. The van der Waals surface area contributed by atoms with Crippen LogP contribution in [0.2, 0.25) is 10.0 Å². The fraction of sp³-hybridized carbons (Fsp3) is 0.136. The minimum Gasteiger partial charge on any atom is -0.471 e. The number of hydrogen-bond donors (Lipinski definition) is 1. The van der Waals surface area contributed by atoms with Gasteiger partial charge in [-0.2, -0.15) is 23.4 Å². The van der Waals surface area contributed by atoms with Crippen LogP contribution in [0.5, 0.6) is 5.75 Å². The summed E-state index contributed by atoms with van der Waals surface area (Å²) in [5, 5.41) is 11.7. The van der Waals surface area contributed by atoms with Crippen LogP contribution < -0.4 is 10.1 Å². The smallest absolute Gasteiger partial charge is 0.416 e. The molecule has 12 heteroatoms. The van der Waals surface area contributed by atoms with Gasteiger partial charge in [0.2, 0.25) is 0 Å². The van der Waals surface area contributed by atoms with Crippen LogP contribution in [0.1, 0.15) is 21.6 Å². The van der Waals surface area contributed by atoms with Gasteiger partial charge in [0.1, 0.15) is 10.8 Å². The highest BCUT2D eigenvalue weighted by atomic mass is 35.5. The second-order valence-corrected chi connectivity index (χ2v) is 7.92. The maximum atomic E-state index is 12.8. The summed E-state index contributed by atoms with van der Waals surface area (Å²) in [6.45, 7) is 0.165. The monoisotopic (exact) mass is 509 g/mol. The summed E-state index contributed by atoms with van der Waals surface area (Å²) in [5.74, 6) is -0.400. The first kappa shape index (κ1) is 23.7. The van der Waals surface area contributed by atoms with E-state index in [1.54, 1.807) is 16.9 Å². The predicted octanol–water partition coefficient (Wildman–Crippen LogP) is 5.74. The van der Waals surface area contributed by atoms with Crippen LogP contribution in [0.3, 0.4) is 0 Å². The van der Waals surface area contributed by atoms with Gasteiger partial charge in [-0.25, -0.2) is 4.68 Å². The van der Waals surface area contributed by atoms with Gasteiger partial charge in [-0.15, -0.1) is 0 Å². The van der Waals surface area contributed by atoms with Crippen LogP contribution >= 0.6 is 23.2 Å². The first-order valence-corrected chi connectivity index (χ1v) is 10.6. The number of nitrogens with one attached hydrogen (secondary N) is 1. The Balaban J connectivity index is 1.37. The van der Waals surface area contributed by atoms with E-state index < -0.39 is 17.6 Å². The zero-order valence-electron chi connectivity index (χ0n) is 17.3. The lowest BCUT2D eigenvalue weighted by molar-refractivity contribution is -0.137. The van der Waals surface area contributed by atoms with E-state index in [4.69, 9.17) is 27.9 Å². The second kappa shape index (κ2) is 9.78. The second-order valence-electron chi connectivity index (χ2n) is 7.11. The first-order valence-electron chi connectivity index (χ1n) is 9.80. The van der Waals surface area contributed by atoms with Crippen LogP contribution in [0.4, 0.5) is 19.0 Å². The topological polar surface area (TPSA) is 74.0 Å². The Bertz CT molecular complexity index is 1320. The molecule has 2 aromatic carbocycles. The number of carbonyl (C=O) groups excluding carboxylic acids is 1. The molecule has 0 bridgehead atoms. The molecule has 0 radical (unpaired) electrons. The molecule has 2 aromatic heterocycles. The molecule has 4 rings (SSSR count). The molecule has 0 saturated carbocycles. The number of amides is 1. The van der Waals surface area contributed by atoms with Crippen molar-refractivity contribution in [3.05, 3.63) is 93.9 Å². The van der Waals surface area contributed by atoms with Crippen molar-refractivity contribution < 1.29 is 22.7 Å². The number of alkyl halides is 3. The maximum absolute atomic E-state index is 12.8. The largest absolute Gasteiger partial charge is 0.471 e. The van der Waals surface area contributed by atoms with E-state index in [-0.39, 0.29) is 29.0 Å². The number of ether oxygens (including phenoxy) is 1. The van der Waals surface area contributed by atoms with Gasteiger partial charge in [0.05, 0.1) is 12.1 Å². The summed E-state index contributed by atoms with van der Waals surface area (Å²) in [6, 6.07) is 13.2. The lowest BCUT2D eigenvalue weighted by Gasteiger charge is -2.10. The number of rotatable bonds is 7. The number of nitrogens with zero attached hydrogens (tertiary/aromatic N) is 4. The molecule has 0 atom stereocenters. The van der Waals surface area contributed by atoms with Gasteiger partial charge in [0.15, 0.2) is 18.2 Å². The SMILES string of the molecule is O=C(Nc1nn(Cc2ccccc2Cl)cc1Cl)c1ccn(COc2cccc(C(F)(F)F)c2)n1. The normalized spacial score (nSPS) is 11.4. The minimum absolute atomic E-state index is 0.0205. The highest BCUT2D eigenvalue weighted by molar-refractivity contribution is 6.33. The molecule has 34 heavy (non-hydrogen) atoms. The van der Waals surface area contributed by atoms with Crippen LogP contribution in [0.15, 0.2) is 67.0 Å². The van der Waals surface area contributed by atoms with Crippen LogP contribution in [-0.4, -0.2) is 25.5 Å². The van der Waals surface area contributed by atoms with E-state index in [1.165, 1.54) is 29.1 Å². The standard InChI is InChI=1S/C22H16Cl2F3N5O2/c23-17-7-2-1-4-14(17)11-32-12-18(24)20(30-32)28-21(33)19-8-9-31(29-19)13-34-16-6-3-5-15(10-16)22(25,26)27/h1-10,12H,11,13H2,(H,28,30,33). The molecule has 0 unspecified atom stereocenters. The predicted molar refractivity (Wildman–Crippen MR) is 120 cm³/mol. The summed E-state index contributed by atoms with van der Waals surface area (Å²) in [4.78, 5) is 12.5. The Kier molecular flexibility index (Phi) is 6.80. The summed E-state index contributed by atoms with van der Waals surface area (Å²) >= 11 is 12.4. The molecule has 0 fully saturated rings. The molecule has 1 amide bonds. The quantitative estimate of drug-likeness (QED) is 0.344. The highest BCUT2D eigenvalue weighted by Crippen LogP contribution is 2.31. The Morgan fingerprint density at radius 2 is 1.79 bits per heavy atom. The Morgan fingerprint density at radius 3 is 2.56 bits per heavy atom. The molecule has 0 saturated heterocycles. The van der Waals surface area contributed by atoms with E-state index >= 15 is 0 Å². The average Bonchev–Trinajstić information content (AvgIpc) is 3.40. The van der Waals surface area contributed by atoms with E-state index in [0.717, 1.165) is 17.7 Å². The highest BCUT2D eigenvalue weighted by Gasteiger charge is 2.30. The molecular formula is C22H16Cl2F3N5O2. The van der Waals surface area contributed by atoms with E-state index in [2.05, 4.69) is 15.5 Å². The molecule has 176 valence electrons. The van der Waals surface area contributed by atoms with E-state index in [9.17, 15) is 18.0 Å². The fourth-order valence-corrected chi connectivity index (χ4v) is 3.39. The zero-order chi connectivity index (χ0) is 24.3. The molecule has 7 nitrogen and oxygen atoms in total. The van der Waals surface area contributed by atoms with Gasteiger partial charge in [-0.1, -0.05) is 47.5 Å². The summed E-state index contributed by atoms with van der Waals surface area (Å²) in [7, 11) is 0. The van der Waals surface area contributed by atoms with Crippen molar-refractivity contribution in [1.29, 1.82) is 0 Å². The Hall–Kier alpha value is -3.50. The number of hydrogen-bond acceptors (Lipinski definition) is 4. The van der Waals surface area contributed by atoms with Gasteiger partial charge in [0, 0.05) is 17.4 Å². The number of aromatic nitrogens is 4. The Labute approximate surface area is 201 Å². The Morgan fingerprint density at radius 1 is 1.00 bits per heavy atom. The first-order chi connectivity index (χ1) is 16.2. The van der Waals surface area contributed by atoms with Crippen molar-refractivity contribution in [3.63, 3.8) is 0 Å². The third kappa shape index (κ3) is 5.70. The maximum Gasteiger partial charge on any atom is 0.416 e. The molecule has 0 spiro atoms. The third-order valence-electron chi connectivity index (χ3n) is 4.64. The van der Waals surface area contributed by atoms with Crippen LogP contribution in [0.25, 0.3) is 0 Å². The number of carbonyl (C=O) groups is 1. The number of anilines is 1. The summed E-state index contributed by atoms with van der Waals surface area (Å²) in [5.41, 5.74) is 0.0569. The van der Waals surface area contributed by atoms with Crippen LogP contribution in [-0.2, 0) is 19.5 Å². The zero-order valence-corrected chi connectivity index (χ0v) is 18.8.